The fourth-order valence-electron chi connectivity index (χ4n) is 5.65. The lowest BCUT2D eigenvalue weighted by molar-refractivity contribution is -0.893. The number of carboxylic acid groups (broad SMARTS) is 1. The lowest BCUT2D eigenvalue weighted by Gasteiger charge is -2.40. The van der Waals surface area contributed by atoms with E-state index in [-0.39, 0.29) is 39.5 Å². The molecular formula is C28H27ClF3N4O4S+. The highest BCUT2D eigenvalue weighted by Crippen LogP contribution is 2.41. The quantitative estimate of drug-likeness (QED) is 0.410. The monoisotopic (exact) mass is 607 g/mol. The first-order valence-corrected chi connectivity index (χ1v) is 14.0. The topological polar surface area (TPSA) is 104 Å². The summed E-state index contributed by atoms with van der Waals surface area (Å²) in [7, 11) is 0. The summed E-state index contributed by atoms with van der Waals surface area (Å²) in [5, 5.41) is 30.4. The Morgan fingerprint density at radius 2 is 1.93 bits per heavy atom. The molecular weight excluding hydrogens is 581 g/mol. The number of rotatable bonds is 4. The average Bonchev–Trinajstić information content (AvgIpc) is 3.59. The zero-order chi connectivity index (χ0) is 29.9. The van der Waals surface area contributed by atoms with E-state index in [0.29, 0.717) is 28.1 Å². The summed E-state index contributed by atoms with van der Waals surface area (Å²) in [5.74, 6) is -0.402. The summed E-state index contributed by atoms with van der Waals surface area (Å²) >= 11 is 6.62. The maximum Gasteiger partial charge on any atom is 0.514 e. The van der Waals surface area contributed by atoms with Gasteiger partial charge in [0.05, 0.1) is 34.6 Å². The van der Waals surface area contributed by atoms with Crippen LogP contribution in [0, 0.1) is 0 Å². The number of carbonyl (C=O) groups is 1. The molecule has 1 aromatic heterocycles. The number of benzene rings is 2. The third-order valence-corrected chi connectivity index (χ3v) is 9.20. The van der Waals surface area contributed by atoms with Gasteiger partial charge in [-0.2, -0.15) is 28.2 Å². The molecule has 1 saturated heterocycles. The summed E-state index contributed by atoms with van der Waals surface area (Å²) < 4.78 is 42.9. The van der Waals surface area contributed by atoms with Gasteiger partial charge in [0.25, 0.3) is 0 Å². The van der Waals surface area contributed by atoms with Gasteiger partial charge in [-0.05, 0) is 61.4 Å². The van der Waals surface area contributed by atoms with Crippen LogP contribution in [0.2, 0.25) is 5.02 Å². The molecule has 2 aliphatic heterocycles. The second-order valence-corrected chi connectivity index (χ2v) is 12.6. The third kappa shape index (κ3) is 5.08. The summed E-state index contributed by atoms with van der Waals surface area (Å²) in [6.07, 6.45) is -4.14. The number of likely N-dealkylation sites (tertiary alicyclic amines) is 1. The van der Waals surface area contributed by atoms with E-state index in [1.165, 1.54) is 22.9 Å². The molecule has 0 aliphatic carbocycles. The van der Waals surface area contributed by atoms with Crippen molar-refractivity contribution in [2.45, 2.75) is 51.4 Å². The van der Waals surface area contributed by atoms with Gasteiger partial charge in [-0.15, -0.1) is 0 Å². The molecule has 3 aromatic rings. The van der Waals surface area contributed by atoms with Gasteiger partial charge in [-0.1, -0.05) is 35.1 Å². The molecule has 13 heteroatoms. The van der Waals surface area contributed by atoms with E-state index in [1.54, 1.807) is 18.2 Å². The van der Waals surface area contributed by atoms with Crippen molar-refractivity contribution in [2.75, 3.05) is 13.1 Å². The van der Waals surface area contributed by atoms with E-state index in [1.807, 2.05) is 20.8 Å². The Hall–Kier alpha value is -3.48. The molecule has 5 rings (SSSR count). The van der Waals surface area contributed by atoms with E-state index in [2.05, 4.69) is 10.2 Å². The van der Waals surface area contributed by atoms with Crippen LogP contribution in [0.4, 0.5) is 18.0 Å². The van der Waals surface area contributed by atoms with Gasteiger partial charge in [0.2, 0.25) is 5.88 Å². The Morgan fingerprint density at radius 3 is 2.56 bits per heavy atom. The van der Waals surface area contributed by atoms with Gasteiger partial charge in [-0.25, -0.2) is 4.48 Å². The molecule has 1 amide bonds. The normalized spacial score (nSPS) is 21.1. The molecule has 1 fully saturated rings. The number of hydrogen-bond donors (Lipinski definition) is 2. The van der Waals surface area contributed by atoms with Crippen molar-refractivity contribution >= 4 is 40.8 Å². The lowest BCUT2D eigenvalue weighted by Crippen LogP contribution is -2.61. The second-order valence-electron chi connectivity index (χ2n) is 11.2. The molecule has 41 heavy (non-hydrogen) atoms. The molecule has 2 aliphatic rings. The van der Waals surface area contributed by atoms with Gasteiger partial charge in [0.15, 0.2) is 0 Å². The number of fused-ring (bicyclic) bond motifs is 1. The van der Waals surface area contributed by atoms with Crippen LogP contribution in [0.15, 0.2) is 51.4 Å². The summed E-state index contributed by atoms with van der Waals surface area (Å²) in [4.78, 5) is 25.3. The van der Waals surface area contributed by atoms with Crippen molar-refractivity contribution in [1.82, 2.24) is 4.57 Å². The fraction of sp³-hybridized carbons (Fsp3) is 0.357. The van der Waals surface area contributed by atoms with Crippen LogP contribution < -0.4 is 15.4 Å². The summed E-state index contributed by atoms with van der Waals surface area (Å²) in [6.45, 7) is 5.76. The number of hydrogen-bond acceptors (Lipinski definition) is 6. The summed E-state index contributed by atoms with van der Waals surface area (Å²) in [6, 6.07) is 7.90. The van der Waals surface area contributed by atoms with Crippen LogP contribution in [0.5, 0.6) is 5.88 Å². The van der Waals surface area contributed by atoms with Crippen molar-refractivity contribution in [3.8, 4) is 5.88 Å². The van der Waals surface area contributed by atoms with Gasteiger partial charge in [0, 0.05) is 23.4 Å². The minimum absolute atomic E-state index is 0.0724. The smallest absolute Gasteiger partial charge is 0.493 e. The molecule has 0 spiro atoms. The Labute approximate surface area is 241 Å². The first-order valence-electron chi connectivity index (χ1n) is 12.8. The van der Waals surface area contributed by atoms with Crippen molar-refractivity contribution in [3.63, 3.8) is 0 Å². The number of thiazole rings is 1. The molecule has 0 radical (unpaired) electrons. The lowest BCUT2D eigenvalue weighted by atomic mass is 9.96. The number of nitrogens with zero attached hydrogens (tertiary/aromatic N) is 4. The van der Waals surface area contributed by atoms with Gasteiger partial charge in [0.1, 0.15) is 12.1 Å². The molecule has 2 N–H and O–H groups in total. The van der Waals surface area contributed by atoms with E-state index in [4.69, 9.17) is 11.6 Å². The number of aromatic nitrogens is 1. The maximum atomic E-state index is 14.0. The van der Waals surface area contributed by atoms with E-state index >= 15 is 0 Å². The SMILES string of the molecule is CC(C)(C)[N+]1(C(=O)O)CC[C@@H](n2c(O)c(C(Cc3ccc(Cl)cc3C(F)(F)F)=c3ccc4c(c3)C=NN=4)sc2=O)C1. The first-order chi connectivity index (χ1) is 19.1. The first kappa shape index (κ1) is 29.0. The molecule has 1 unspecified atom stereocenters. The Bertz CT molecular complexity index is 1770. The fourth-order valence-corrected chi connectivity index (χ4v) is 6.83. The Kier molecular flexibility index (Phi) is 7.16. The standard InChI is InChI=1S/C28H26ClF3N4O4S/c1-27(2,3)36(26(39)40)9-8-19(14-36)35-24(37)23(41-25(35)38)20(15-5-7-22-17(10-15)13-33-34-22)11-16-4-6-18(29)12-21(16)28(30,31)32/h4-7,10,12-13,19H,8-9,11,14H2,1-3H3,(H-,33,34,37,39,40)/p+1/t19-,36?/m1/s1. The molecule has 8 nitrogen and oxygen atoms in total. The highest BCUT2D eigenvalue weighted by Gasteiger charge is 2.54. The largest absolute Gasteiger partial charge is 0.514 e. The third-order valence-electron chi connectivity index (χ3n) is 7.96. The highest BCUT2D eigenvalue weighted by molar-refractivity contribution is 7.10. The van der Waals surface area contributed by atoms with Gasteiger partial charge >= 0.3 is 17.1 Å². The zero-order valence-electron chi connectivity index (χ0n) is 22.4. The number of alkyl halides is 3. The Balaban J connectivity index is 1.68. The minimum atomic E-state index is -4.69. The van der Waals surface area contributed by atoms with Gasteiger partial charge in [-0.3, -0.25) is 9.36 Å². The van der Waals surface area contributed by atoms with E-state index < -0.39 is 40.2 Å². The number of aromatic hydroxyl groups is 1. The van der Waals surface area contributed by atoms with Crippen LogP contribution in [0.1, 0.15) is 54.8 Å². The Morgan fingerprint density at radius 1 is 1.20 bits per heavy atom. The van der Waals surface area contributed by atoms with Crippen molar-refractivity contribution in [1.29, 1.82) is 0 Å². The second kappa shape index (κ2) is 10.1. The number of quaternary nitrogens is 1. The van der Waals surface area contributed by atoms with Crippen LogP contribution in [-0.4, -0.2) is 50.2 Å². The molecule has 3 heterocycles. The van der Waals surface area contributed by atoms with Crippen LogP contribution in [-0.2, 0) is 12.6 Å². The van der Waals surface area contributed by atoms with E-state index in [9.17, 15) is 33.0 Å². The van der Waals surface area contributed by atoms with Crippen LogP contribution in [0.25, 0.3) is 5.57 Å². The average molecular weight is 608 g/mol. The predicted molar refractivity (Wildman–Crippen MR) is 149 cm³/mol. The number of halogens is 4. The van der Waals surface area contributed by atoms with Crippen molar-refractivity contribution in [2.24, 2.45) is 10.2 Å². The van der Waals surface area contributed by atoms with Crippen LogP contribution in [0.3, 0.4) is 0 Å². The molecule has 216 valence electrons. The molecule has 0 saturated carbocycles. The van der Waals surface area contributed by atoms with Crippen molar-refractivity contribution < 1.29 is 32.7 Å². The zero-order valence-corrected chi connectivity index (χ0v) is 23.9. The minimum Gasteiger partial charge on any atom is -0.493 e. The molecule has 0 bridgehead atoms. The number of amides is 1. The highest BCUT2D eigenvalue weighted by atomic mass is 35.5. The molecule has 2 atom stereocenters. The van der Waals surface area contributed by atoms with E-state index in [0.717, 1.165) is 17.4 Å². The summed E-state index contributed by atoms with van der Waals surface area (Å²) in [5.41, 5.74) is -0.737. The van der Waals surface area contributed by atoms with Gasteiger partial charge < -0.3 is 10.2 Å². The molecule has 2 aromatic carbocycles. The van der Waals surface area contributed by atoms with Crippen molar-refractivity contribution in [3.05, 3.63) is 83.2 Å². The predicted octanol–water partition coefficient (Wildman–Crippen LogP) is 4.93. The van der Waals surface area contributed by atoms with Crippen LogP contribution >= 0.6 is 22.9 Å². The maximum absolute atomic E-state index is 14.0.